The van der Waals surface area contributed by atoms with Gasteiger partial charge in [-0.1, -0.05) is 24.3 Å². The van der Waals surface area contributed by atoms with Crippen molar-refractivity contribution >= 4 is 11.9 Å². The molecule has 0 bridgehead atoms. The first kappa shape index (κ1) is 21.1. The van der Waals surface area contributed by atoms with Crippen molar-refractivity contribution in [3.05, 3.63) is 65.2 Å². The van der Waals surface area contributed by atoms with Crippen LogP contribution in [0, 0.1) is 0 Å². The molecule has 4 N–H and O–H groups in total. The third-order valence-corrected chi connectivity index (χ3v) is 3.68. The van der Waals surface area contributed by atoms with Crippen molar-refractivity contribution in [3.8, 4) is 5.75 Å². The zero-order valence-electron chi connectivity index (χ0n) is 15.2. The van der Waals surface area contributed by atoms with Crippen molar-refractivity contribution < 1.29 is 22.7 Å². The van der Waals surface area contributed by atoms with Crippen LogP contribution in [0.25, 0.3) is 0 Å². The van der Waals surface area contributed by atoms with E-state index in [1.54, 1.807) is 31.3 Å². The Hall–Kier alpha value is -3.23. The van der Waals surface area contributed by atoms with Crippen LogP contribution in [-0.4, -0.2) is 25.5 Å². The van der Waals surface area contributed by atoms with Gasteiger partial charge in [0.05, 0.1) is 5.56 Å². The molecule has 150 valence electrons. The number of rotatable bonds is 7. The van der Waals surface area contributed by atoms with Crippen LogP contribution in [0.2, 0.25) is 0 Å². The molecule has 0 heterocycles. The van der Waals surface area contributed by atoms with E-state index < -0.39 is 17.6 Å². The van der Waals surface area contributed by atoms with Crippen LogP contribution in [0.5, 0.6) is 5.75 Å². The molecule has 0 unspecified atom stereocenters. The Balaban J connectivity index is 1.90. The third-order valence-electron chi connectivity index (χ3n) is 3.68. The number of amides is 1. The molecule has 1 amide bonds. The van der Waals surface area contributed by atoms with Gasteiger partial charge in [0.25, 0.3) is 5.91 Å². The number of nitrogens with zero attached hydrogens (tertiary/aromatic N) is 1. The molecule has 2 aromatic carbocycles. The van der Waals surface area contributed by atoms with Gasteiger partial charge in [-0.2, -0.15) is 13.2 Å². The molecule has 6 nitrogen and oxygen atoms in total. The quantitative estimate of drug-likeness (QED) is 0.497. The number of nitrogens with two attached hydrogens (primary N) is 1. The largest absolute Gasteiger partial charge is 0.484 e. The molecule has 0 aliphatic carbocycles. The summed E-state index contributed by atoms with van der Waals surface area (Å²) < 4.78 is 43.6. The van der Waals surface area contributed by atoms with Crippen molar-refractivity contribution in [2.45, 2.75) is 19.3 Å². The molecule has 2 aromatic rings. The van der Waals surface area contributed by atoms with Gasteiger partial charge in [0.2, 0.25) is 0 Å². The molecular weight excluding hydrogens is 373 g/mol. The summed E-state index contributed by atoms with van der Waals surface area (Å²) >= 11 is 0. The van der Waals surface area contributed by atoms with Gasteiger partial charge in [-0.3, -0.25) is 9.79 Å². The molecule has 9 heteroatoms. The first-order valence-corrected chi connectivity index (χ1v) is 8.38. The molecule has 0 radical (unpaired) electrons. The highest BCUT2D eigenvalue weighted by atomic mass is 19.4. The molecular formula is C19H21F3N4O2. The summed E-state index contributed by atoms with van der Waals surface area (Å²) in [6.07, 6.45) is -4.38. The van der Waals surface area contributed by atoms with Crippen molar-refractivity contribution in [3.63, 3.8) is 0 Å². The van der Waals surface area contributed by atoms with Crippen LogP contribution in [0.15, 0.2) is 53.5 Å². The lowest BCUT2D eigenvalue weighted by atomic mass is 10.1. The highest BCUT2D eigenvalue weighted by Crippen LogP contribution is 2.29. The maximum Gasteiger partial charge on any atom is 0.416 e. The van der Waals surface area contributed by atoms with Crippen LogP contribution >= 0.6 is 0 Å². The average molecular weight is 394 g/mol. The number of aliphatic imine (C=N–C) groups is 1. The number of benzene rings is 2. The smallest absolute Gasteiger partial charge is 0.416 e. The van der Waals surface area contributed by atoms with E-state index in [1.807, 2.05) is 6.07 Å². The number of carbonyl (C=O) groups excluding carboxylic acids is 1. The Morgan fingerprint density at radius 1 is 1.07 bits per heavy atom. The highest BCUT2D eigenvalue weighted by molar-refractivity contribution is 5.79. The summed E-state index contributed by atoms with van der Waals surface area (Å²) in [6.45, 7) is 0.373. The van der Waals surface area contributed by atoms with E-state index in [9.17, 15) is 18.0 Å². The van der Waals surface area contributed by atoms with Crippen LogP contribution < -0.4 is 21.1 Å². The summed E-state index contributed by atoms with van der Waals surface area (Å²) in [5, 5.41) is 6.03. The second-order valence-corrected chi connectivity index (χ2v) is 5.88. The second kappa shape index (κ2) is 9.63. The fraction of sp³-hybridized carbons (Fsp3) is 0.263. The predicted octanol–water partition coefficient (Wildman–Crippen LogP) is 2.43. The van der Waals surface area contributed by atoms with Crippen molar-refractivity contribution in [1.29, 1.82) is 0 Å². The van der Waals surface area contributed by atoms with Crippen LogP contribution in [0.3, 0.4) is 0 Å². The van der Waals surface area contributed by atoms with E-state index in [1.165, 1.54) is 6.07 Å². The molecule has 0 fully saturated rings. The summed E-state index contributed by atoms with van der Waals surface area (Å²) in [6, 6.07) is 12.2. The number of guanidine groups is 1. The fourth-order valence-corrected chi connectivity index (χ4v) is 2.35. The lowest BCUT2D eigenvalue weighted by molar-refractivity contribution is -0.137. The van der Waals surface area contributed by atoms with Gasteiger partial charge in [-0.15, -0.1) is 0 Å². The van der Waals surface area contributed by atoms with E-state index in [0.29, 0.717) is 23.8 Å². The Morgan fingerprint density at radius 3 is 2.25 bits per heavy atom. The number of primary amides is 1. The first-order valence-electron chi connectivity index (χ1n) is 8.38. The molecule has 0 aliphatic rings. The minimum Gasteiger partial charge on any atom is -0.484 e. The number of carbonyl (C=O) groups is 1. The standard InChI is InChI=1S/C19H21F3N4O2/c1-24-18(25-10-13-4-2-6-15(8-13)19(20,21)22)26-11-14-5-3-7-16(9-14)28-12-17(23)27/h2-9H,10-12H2,1H3,(H2,23,27)(H2,24,25,26). The zero-order chi connectivity index (χ0) is 20.6. The van der Waals surface area contributed by atoms with E-state index in [2.05, 4.69) is 15.6 Å². The lowest BCUT2D eigenvalue weighted by Crippen LogP contribution is -2.36. The molecule has 0 saturated carbocycles. The Morgan fingerprint density at radius 2 is 1.68 bits per heavy atom. The van der Waals surface area contributed by atoms with Gasteiger partial charge in [0, 0.05) is 20.1 Å². The molecule has 28 heavy (non-hydrogen) atoms. The maximum atomic E-state index is 12.8. The van der Waals surface area contributed by atoms with Crippen LogP contribution in [0.4, 0.5) is 13.2 Å². The molecule has 0 spiro atoms. The van der Waals surface area contributed by atoms with Gasteiger partial charge in [-0.25, -0.2) is 0 Å². The third kappa shape index (κ3) is 6.82. The fourth-order valence-electron chi connectivity index (χ4n) is 2.35. The molecule has 0 aromatic heterocycles. The predicted molar refractivity (Wildman–Crippen MR) is 99.6 cm³/mol. The number of nitrogens with one attached hydrogen (secondary N) is 2. The summed E-state index contributed by atoms with van der Waals surface area (Å²) in [4.78, 5) is 14.8. The summed E-state index contributed by atoms with van der Waals surface area (Å²) in [7, 11) is 1.56. The van der Waals surface area contributed by atoms with Crippen molar-refractivity contribution in [2.24, 2.45) is 10.7 Å². The molecule has 2 rings (SSSR count). The Bertz CT molecular complexity index is 838. The molecule has 0 saturated heterocycles. The number of halogens is 3. The normalized spacial score (nSPS) is 11.8. The number of alkyl halides is 3. The zero-order valence-corrected chi connectivity index (χ0v) is 15.2. The number of ether oxygens (including phenoxy) is 1. The lowest BCUT2D eigenvalue weighted by Gasteiger charge is -2.14. The Labute approximate surface area is 160 Å². The summed E-state index contributed by atoms with van der Waals surface area (Å²) in [5.41, 5.74) is 5.70. The van der Waals surface area contributed by atoms with Gasteiger partial charge < -0.3 is 21.1 Å². The summed E-state index contributed by atoms with van der Waals surface area (Å²) in [5.74, 6) is 0.369. The monoisotopic (exact) mass is 394 g/mol. The number of hydrogen-bond donors (Lipinski definition) is 3. The average Bonchev–Trinajstić information content (AvgIpc) is 2.66. The van der Waals surface area contributed by atoms with Gasteiger partial charge >= 0.3 is 6.18 Å². The highest BCUT2D eigenvalue weighted by Gasteiger charge is 2.30. The van der Waals surface area contributed by atoms with E-state index >= 15 is 0 Å². The maximum absolute atomic E-state index is 12.8. The van der Waals surface area contributed by atoms with Gasteiger partial charge in [-0.05, 0) is 35.4 Å². The molecule has 0 atom stereocenters. The van der Waals surface area contributed by atoms with E-state index in [0.717, 1.165) is 17.7 Å². The Kier molecular flexibility index (Phi) is 7.25. The van der Waals surface area contributed by atoms with E-state index in [4.69, 9.17) is 10.5 Å². The van der Waals surface area contributed by atoms with Crippen LogP contribution in [-0.2, 0) is 24.1 Å². The van der Waals surface area contributed by atoms with Crippen LogP contribution in [0.1, 0.15) is 16.7 Å². The first-order chi connectivity index (χ1) is 13.3. The van der Waals surface area contributed by atoms with E-state index in [-0.39, 0.29) is 13.2 Å². The van der Waals surface area contributed by atoms with Crippen molar-refractivity contribution in [2.75, 3.05) is 13.7 Å². The van der Waals surface area contributed by atoms with Crippen molar-refractivity contribution in [1.82, 2.24) is 10.6 Å². The topological polar surface area (TPSA) is 88.7 Å². The minimum absolute atomic E-state index is 0.186. The number of hydrogen-bond acceptors (Lipinski definition) is 3. The van der Waals surface area contributed by atoms with Gasteiger partial charge in [0.15, 0.2) is 12.6 Å². The second-order valence-electron chi connectivity index (χ2n) is 5.88. The SMILES string of the molecule is CN=C(NCc1cccc(OCC(N)=O)c1)NCc1cccc(C(F)(F)F)c1. The minimum atomic E-state index is -4.38. The van der Waals surface area contributed by atoms with Gasteiger partial charge in [0.1, 0.15) is 5.75 Å². The molecule has 0 aliphatic heterocycles.